The number of rotatable bonds is 7. The first-order chi connectivity index (χ1) is 8.57. The molecule has 8 heteroatoms. The molecule has 1 aliphatic carbocycles. The highest BCUT2D eigenvalue weighted by atomic mass is 32.2. The van der Waals surface area contributed by atoms with E-state index >= 15 is 0 Å². The molecule has 0 aliphatic heterocycles. The van der Waals surface area contributed by atoms with E-state index in [1.165, 1.54) is 11.8 Å². The lowest BCUT2D eigenvalue weighted by atomic mass is 10.5. The number of sulfone groups is 1. The van der Waals surface area contributed by atoms with Crippen molar-refractivity contribution in [3.05, 3.63) is 5.82 Å². The van der Waals surface area contributed by atoms with Crippen molar-refractivity contribution in [2.45, 2.75) is 37.5 Å². The van der Waals surface area contributed by atoms with Crippen LogP contribution in [0.1, 0.15) is 31.6 Å². The minimum Gasteiger partial charge on any atom is -0.324 e. The topological polar surface area (TPSA) is 90.9 Å². The maximum absolute atomic E-state index is 11.4. The number of hydrogen-bond acceptors (Lipinski definition) is 6. The third-order valence-corrected chi connectivity index (χ3v) is 5.80. The van der Waals surface area contributed by atoms with Gasteiger partial charge in [0.25, 0.3) is 0 Å². The summed E-state index contributed by atoms with van der Waals surface area (Å²) in [6, 6.07) is 0.462. The summed E-state index contributed by atoms with van der Waals surface area (Å²) in [6.07, 6.45) is 2.26. The van der Waals surface area contributed by atoms with Crippen LogP contribution in [0, 0.1) is 0 Å². The van der Waals surface area contributed by atoms with E-state index in [1.54, 1.807) is 6.92 Å². The molecular weight excluding hydrogens is 272 g/mol. The molecule has 1 heterocycles. The average Bonchev–Trinajstić information content (AvgIpc) is 3.10. The van der Waals surface area contributed by atoms with Crippen LogP contribution in [-0.4, -0.2) is 40.4 Å². The van der Waals surface area contributed by atoms with Crippen LogP contribution in [0.2, 0.25) is 0 Å². The minimum absolute atomic E-state index is 0.184. The van der Waals surface area contributed by atoms with Gasteiger partial charge in [0, 0.05) is 17.5 Å². The number of nitrogens with zero attached hydrogens (tertiary/aromatic N) is 3. The summed E-state index contributed by atoms with van der Waals surface area (Å²) >= 11 is 1.45. The molecule has 0 unspecified atom stereocenters. The van der Waals surface area contributed by atoms with Gasteiger partial charge in [0.15, 0.2) is 15.0 Å². The van der Waals surface area contributed by atoms with Crippen molar-refractivity contribution in [2.75, 3.05) is 17.3 Å². The average molecular weight is 290 g/mol. The van der Waals surface area contributed by atoms with Crippen molar-refractivity contribution in [1.29, 1.82) is 0 Å². The van der Waals surface area contributed by atoms with Crippen molar-refractivity contribution < 1.29 is 8.42 Å². The van der Waals surface area contributed by atoms with E-state index in [0.29, 0.717) is 18.3 Å². The highest BCUT2D eigenvalue weighted by molar-refractivity contribution is 8.00. The van der Waals surface area contributed by atoms with Gasteiger partial charge in [0.2, 0.25) is 0 Å². The Morgan fingerprint density at radius 3 is 2.72 bits per heavy atom. The molecule has 18 heavy (non-hydrogen) atoms. The first-order valence-electron chi connectivity index (χ1n) is 6.04. The van der Waals surface area contributed by atoms with Crippen LogP contribution in [0.5, 0.6) is 0 Å². The van der Waals surface area contributed by atoms with Gasteiger partial charge in [-0.15, -0.1) is 10.2 Å². The Balaban J connectivity index is 1.99. The van der Waals surface area contributed by atoms with Gasteiger partial charge in [-0.25, -0.2) is 8.42 Å². The summed E-state index contributed by atoms with van der Waals surface area (Å²) < 4.78 is 24.9. The van der Waals surface area contributed by atoms with Crippen molar-refractivity contribution in [1.82, 2.24) is 14.8 Å². The largest absolute Gasteiger partial charge is 0.324 e. The van der Waals surface area contributed by atoms with E-state index in [-0.39, 0.29) is 11.5 Å². The third kappa shape index (κ3) is 3.24. The second-order valence-electron chi connectivity index (χ2n) is 4.29. The van der Waals surface area contributed by atoms with Gasteiger partial charge in [-0.1, -0.05) is 18.7 Å². The fraction of sp³-hybridized carbons (Fsp3) is 0.800. The lowest BCUT2D eigenvalue weighted by Crippen LogP contribution is -2.11. The van der Waals surface area contributed by atoms with E-state index in [0.717, 1.165) is 23.8 Å². The summed E-state index contributed by atoms with van der Waals surface area (Å²) in [5, 5.41) is 8.94. The van der Waals surface area contributed by atoms with E-state index in [2.05, 4.69) is 14.8 Å². The molecule has 1 aromatic rings. The van der Waals surface area contributed by atoms with Gasteiger partial charge in [0.05, 0.1) is 12.3 Å². The van der Waals surface area contributed by atoms with Gasteiger partial charge in [-0.3, -0.25) is 0 Å². The van der Waals surface area contributed by atoms with Crippen LogP contribution >= 0.6 is 11.8 Å². The van der Waals surface area contributed by atoms with Crippen molar-refractivity contribution in [2.24, 2.45) is 5.73 Å². The maximum atomic E-state index is 11.4. The first kappa shape index (κ1) is 13.8. The Kier molecular flexibility index (Phi) is 4.29. The third-order valence-electron chi connectivity index (χ3n) is 2.90. The fourth-order valence-electron chi connectivity index (χ4n) is 1.65. The molecular formula is C10H18N4O2S2. The molecule has 102 valence electrons. The zero-order valence-electron chi connectivity index (χ0n) is 10.4. The Labute approximate surface area is 111 Å². The predicted molar refractivity (Wildman–Crippen MR) is 71.2 cm³/mol. The summed E-state index contributed by atoms with van der Waals surface area (Å²) in [6.45, 7) is 2.04. The van der Waals surface area contributed by atoms with Crippen LogP contribution in [0.3, 0.4) is 0 Å². The second kappa shape index (κ2) is 5.58. The summed E-state index contributed by atoms with van der Waals surface area (Å²) in [5.74, 6) is 1.69. The molecule has 0 saturated heterocycles. The molecule has 1 aliphatic rings. The van der Waals surface area contributed by atoms with Gasteiger partial charge in [-0.05, 0) is 12.8 Å². The monoisotopic (exact) mass is 290 g/mol. The molecule has 0 aromatic carbocycles. The zero-order valence-corrected chi connectivity index (χ0v) is 12.0. The highest BCUT2D eigenvalue weighted by Gasteiger charge is 2.29. The van der Waals surface area contributed by atoms with E-state index in [9.17, 15) is 8.42 Å². The summed E-state index contributed by atoms with van der Waals surface area (Å²) in [4.78, 5) is 0. The van der Waals surface area contributed by atoms with E-state index < -0.39 is 9.84 Å². The SMILES string of the molecule is CCS(=O)(=O)CCSc1nnc(CN)n1C1CC1. The van der Waals surface area contributed by atoms with Crippen molar-refractivity contribution >= 4 is 21.6 Å². The quantitative estimate of drug-likeness (QED) is 0.739. The number of thioether (sulfide) groups is 1. The van der Waals surface area contributed by atoms with Gasteiger partial charge in [-0.2, -0.15) is 0 Å². The van der Waals surface area contributed by atoms with Gasteiger partial charge in [0.1, 0.15) is 5.82 Å². The smallest absolute Gasteiger partial charge is 0.191 e. The number of nitrogens with two attached hydrogens (primary N) is 1. The molecule has 0 bridgehead atoms. The maximum Gasteiger partial charge on any atom is 0.191 e. The zero-order chi connectivity index (χ0) is 13.2. The van der Waals surface area contributed by atoms with E-state index in [1.807, 2.05) is 0 Å². The Morgan fingerprint density at radius 2 is 2.17 bits per heavy atom. The molecule has 1 aromatic heterocycles. The molecule has 0 amide bonds. The van der Waals surface area contributed by atoms with Crippen LogP contribution in [0.15, 0.2) is 5.16 Å². The van der Waals surface area contributed by atoms with Crippen LogP contribution < -0.4 is 5.73 Å². The van der Waals surface area contributed by atoms with Crippen LogP contribution in [0.4, 0.5) is 0 Å². The fourth-order valence-corrected chi connectivity index (χ4v) is 3.96. The highest BCUT2D eigenvalue weighted by Crippen LogP contribution is 2.38. The second-order valence-corrected chi connectivity index (χ2v) is 7.82. The minimum atomic E-state index is -2.91. The van der Waals surface area contributed by atoms with Gasteiger partial charge < -0.3 is 10.3 Å². The molecule has 2 rings (SSSR count). The molecule has 0 radical (unpaired) electrons. The molecule has 6 nitrogen and oxygen atoms in total. The molecule has 1 saturated carbocycles. The van der Waals surface area contributed by atoms with Crippen LogP contribution in [0.25, 0.3) is 0 Å². The van der Waals surface area contributed by atoms with Crippen molar-refractivity contribution in [3.8, 4) is 0 Å². The number of hydrogen-bond donors (Lipinski definition) is 1. The lowest BCUT2D eigenvalue weighted by Gasteiger charge is -2.07. The van der Waals surface area contributed by atoms with Crippen molar-refractivity contribution in [3.63, 3.8) is 0 Å². The molecule has 0 spiro atoms. The summed E-state index contributed by atoms with van der Waals surface area (Å²) in [7, 11) is -2.91. The van der Waals surface area contributed by atoms with Crippen LogP contribution in [-0.2, 0) is 16.4 Å². The Morgan fingerprint density at radius 1 is 1.44 bits per heavy atom. The molecule has 2 N–H and O–H groups in total. The lowest BCUT2D eigenvalue weighted by molar-refractivity contribution is 0.598. The predicted octanol–water partition coefficient (Wildman–Crippen LogP) is 0.599. The van der Waals surface area contributed by atoms with E-state index in [4.69, 9.17) is 5.73 Å². The number of aromatic nitrogens is 3. The Hall–Kier alpha value is -0.600. The molecule has 1 fully saturated rings. The first-order valence-corrected chi connectivity index (χ1v) is 8.85. The van der Waals surface area contributed by atoms with Gasteiger partial charge >= 0.3 is 0 Å². The Bertz CT molecular complexity index is 508. The summed E-state index contributed by atoms with van der Waals surface area (Å²) in [5.41, 5.74) is 5.62. The molecule has 0 atom stereocenters. The normalized spacial score (nSPS) is 16.1. The standard InChI is InChI=1S/C10H18N4O2S2/c1-2-18(15,16)6-5-17-10-13-12-9(7-11)14(10)8-3-4-8/h8H,2-7,11H2,1H3.